The zero-order chi connectivity index (χ0) is 17.8. The molecule has 0 aliphatic rings. The lowest BCUT2D eigenvalue weighted by atomic mass is 10.1. The predicted molar refractivity (Wildman–Crippen MR) is 89.2 cm³/mol. The van der Waals surface area contributed by atoms with Gasteiger partial charge < -0.3 is 5.73 Å². The lowest BCUT2D eigenvalue weighted by Gasteiger charge is -2.00. The lowest BCUT2D eigenvalue weighted by molar-refractivity contribution is 0.0949. The average Bonchev–Trinajstić information content (AvgIpc) is 3.20. The van der Waals surface area contributed by atoms with Crippen molar-refractivity contribution in [3.05, 3.63) is 46.8 Å². The molecule has 0 spiro atoms. The predicted octanol–water partition coefficient (Wildman–Crippen LogP) is 0.867. The average molecular weight is 340 g/mol. The summed E-state index contributed by atoms with van der Waals surface area (Å²) in [6.07, 6.45) is 2.52. The molecule has 0 saturated carbocycles. The number of hydrazone groups is 1. The van der Waals surface area contributed by atoms with E-state index in [1.807, 2.05) is 24.3 Å². The quantitative estimate of drug-likeness (QED) is 0.519. The summed E-state index contributed by atoms with van der Waals surface area (Å²) in [5.74, 6) is -0.280. The van der Waals surface area contributed by atoms with E-state index in [4.69, 9.17) is 5.73 Å². The number of hydrogen-bond donors (Lipinski definition) is 2. The Morgan fingerprint density at radius 3 is 2.76 bits per heavy atom. The second-order valence-corrected chi connectivity index (χ2v) is 5.20. The van der Waals surface area contributed by atoms with E-state index >= 15 is 0 Å². The molecule has 1 amide bonds. The molecule has 25 heavy (non-hydrogen) atoms. The van der Waals surface area contributed by atoms with Gasteiger partial charge in [-0.15, -0.1) is 5.10 Å². The molecule has 0 unspecified atom stereocenters. The van der Waals surface area contributed by atoms with Crippen LogP contribution in [0.5, 0.6) is 0 Å². The van der Waals surface area contributed by atoms with E-state index in [1.165, 1.54) is 10.2 Å². The summed E-state index contributed by atoms with van der Waals surface area (Å²) in [5, 5.41) is 18.7. The van der Waals surface area contributed by atoms with Gasteiger partial charge in [0.1, 0.15) is 0 Å². The van der Waals surface area contributed by atoms with Gasteiger partial charge in [-0.1, -0.05) is 36.4 Å². The number of amides is 1. The number of hydrogen-bond acceptors (Lipinski definition) is 8. The van der Waals surface area contributed by atoms with Crippen LogP contribution in [0.3, 0.4) is 0 Å². The van der Waals surface area contributed by atoms with Gasteiger partial charge in [-0.05, 0) is 34.8 Å². The Bertz CT molecular complexity index is 910. The molecule has 0 saturated heterocycles. The summed E-state index contributed by atoms with van der Waals surface area (Å²) in [5.41, 5.74) is 10.7. The molecule has 0 aliphatic heterocycles. The van der Waals surface area contributed by atoms with Crippen LogP contribution in [0.15, 0.2) is 34.0 Å². The number of anilines is 1. The van der Waals surface area contributed by atoms with Crippen LogP contribution in [0, 0.1) is 6.92 Å². The standard InChI is InChI=1S/C15H16N8O2/c1-3-10-4-6-11(7-5-10)8-17-19-15(24)12-9(2)23(22-18-12)14-13(16)20-25-21-14/h4-8H,3H2,1-2H3,(H2,16,20)(H,19,24). The molecule has 10 nitrogen and oxygen atoms in total. The first-order valence-electron chi connectivity index (χ1n) is 7.53. The van der Waals surface area contributed by atoms with Crippen molar-refractivity contribution in [1.82, 2.24) is 30.7 Å². The fraction of sp³-hybridized carbons (Fsp3) is 0.200. The maximum atomic E-state index is 12.2. The zero-order valence-corrected chi connectivity index (χ0v) is 13.7. The molecule has 2 heterocycles. The minimum absolute atomic E-state index is 0.0495. The van der Waals surface area contributed by atoms with Crippen LogP contribution in [0.4, 0.5) is 5.82 Å². The van der Waals surface area contributed by atoms with Crippen LogP contribution in [-0.4, -0.2) is 37.4 Å². The number of nitrogens with zero attached hydrogens (tertiary/aromatic N) is 6. The molecule has 0 atom stereocenters. The zero-order valence-electron chi connectivity index (χ0n) is 13.7. The first kappa shape index (κ1) is 16.3. The number of aromatic nitrogens is 5. The van der Waals surface area contributed by atoms with E-state index < -0.39 is 5.91 Å². The highest BCUT2D eigenvalue weighted by Gasteiger charge is 2.20. The van der Waals surface area contributed by atoms with Crippen LogP contribution in [0.25, 0.3) is 5.82 Å². The van der Waals surface area contributed by atoms with Gasteiger partial charge in [0.2, 0.25) is 11.6 Å². The number of aryl methyl sites for hydroxylation is 1. The fourth-order valence-corrected chi connectivity index (χ4v) is 2.14. The maximum absolute atomic E-state index is 12.2. The summed E-state index contributed by atoms with van der Waals surface area (Å²) < 4.78 is 5.79. The third-order valence-electron chi connectivity index (χ3n) is 3.57. The molecule has 0 radical (unpaired) electrons. The molecule has 10 heteroatoms. The highest BCUT2D eigenvalue weighted by molar-refractivity contribution is 5.94. The van der Waals surface area contributed by atoms with Gasteiger partial charge in [0.25, 0.3) is 5.91 Å². The van der Waals surface area contributed by atoms with Crippen molar-refractivity contribution in [2.24, 2.45) is 5.10 Å². The monoisotopic (exact) mass is 340 g/mol. The van der Waals surface area contributed by atoms with E-state index in [1.54, 1.807) is 13.1 Å². The van der Waals surface area contributed by atoms with Crippen molar-refractivity contribution in [2.45, 2.75) is 20.3 Å². The summed E-state index contributed by atoms with van der Waals surface area (Å²) >= 11 is 0. The number of benzene rings is 1. The number of nitrogens with one attached hydrogen (secondary N) is 1. The van der Waals surface area contributed by atoms with Gasteiger partial charge in [-0.25, -0.2) is 10.1 Å². The van der Waals surface area contributed by atoms with Gasteiger partial charge in [-0.3, -0.25) is 4.79 Å². The summed E-state index contributed by atoms with van der Waals surface area (Å²) in [4.78, 5) is 12.2. The SMILES string of the molecule is CCc1ccc(C=NNC(=O)c2nnn(-c3nonc3N)c2C)cc1. The summed E-state index contributed by atoms with van der Waals surface area (Å²) in [7, 11) is 0. The van der Waals surface area contributed by atoms with Crippen molar-refractivity contribution in [2.75, 3.05) is 5.73 Å². The third-order valence-corrected chi connectivity index (χ3v) is 3.57. The Morgan fingerprint density at radius 2 is 2.12 bits per heavy atom. The van der Waals surface area contributed by atoms with E-state index in [2.05, 4.69) is 42.7 Å². The van der Waals surface area contributed by atoms with E-state index in [-0.39, 0.29) is 17.3 Å². The fourth-order valence-electron chi connectivity index (χ4n) is 2.14. The van der Waals surface area contributed by atoms with Gasteiger partial charge in [0.05, 0.1) is 11.9 Å². The minimum atomic E-state index is -0.500. The van der Waals surface area contributed by atoms with E-state index in [9.17, 15) is 4.79 Å². The minimum Gasteiger partial charge on any atom is -0.378 e. The highest BCUT2D eigenvalue weighted by Crippen LogP contribution is 2.14. The number of nitrogens with two attached hydrogens (primary N) is 1. The molecule has 1 aromatic carbocycles. The molecular weight excluding hydrogens is 324 g/mol. The first-order chi connectivity index (χ1) is 12.1. The van der Waals surface area contributed by atoms with Gasteiger partial charge in [-0.2, -0.15) is 9.78 Å². The van der Waals surface area contributed by atoms with Crippen molar-refractivity contribution < 1.29 is 9.42 Å². The Balaban J connectivity index is 1.70. The molecule has 3 N–H and O–H groups in total. The molecule has 2 aromatic heterocycles. The van der Waals surface area contributed by atoms with E-state index in [0.29, 0.717) is 5.69 Å². The molecule has 0 bridgehead atoms. The van der Waals surface area contributed by atoms with Crippen molar-refractivity contribution in [1.29, 1.82) is 0 Å². The number of rotatable bonds is 5. The Hall–Kier alpha value is -3.56. The van der Waals surface area contributed by atoms with Gasteiger partial charge in [0, 0.05) is 0 Å². The number of carbonyl (C=O) groups excluding carboxylic acids is 1. The van der Waals surface area contributed by atoms with Gasteiger partial charge in [0.15, 0.2) is 5.69 Å². The third kappa shape index (κ3) is 3.37. The van der Waals surface area contributed by atoms with Crippen LogP contribution < -0.4 is 11.2 Å². The largest absolute Gasteiger partial charge is 0.378 e. The molecule has 3 rings (SSSR count). The Morgan fingerprint density at radius 1 is 1.36 bits per heavy atom. The second kappa shape index (κ2) is 6.91. The normalized spacial score (nSPS) is 11.1. The van der Waals surface area contributed by atoms with E-state index in [0.717, 1.165) is 12.0 Å². The van der Waals surface area contributed by atoms with Crippen LogP contribution >= 0.6 is 0 Å². The van der Waals surface area contributed by atoms with Crippen LogP contribution in [-0.2, 0) is 6.42 Å². The summed E-state index contributed by atoms with van der Waals surface area (Å²) in [6.45, 7) is 3.73. The molecular formula is C15H16N8O2. The maximum Gasteiger partial charge on any atom is 0.293 e. The Labute approximate surface area is 142 Å². The first-order valence-corrected chi connectivity index (χ1v) is 7.53. The number of nitrogen functional groups attached to an aromatic ring is 1. The summed E-state index contributed by atoms with van der Waals surface area (Å²) in [6, 6.07) is 7.87. The second-order valence-electron chi connectivity index (χ2n) is 5.20. The molecule has 128 valence electrons. The lowest BCUT2D eigenvalue weighted by Crippen LogP contribution is -2.19. The van der Waals surface area contributed by atoms with Gasteiger partial charge >= 0.3 is 0 Å². The Kier molecular flexibility index (Phi) is 4.50. The molecule has 0 aliphatic carbocycles. The van der Waals surface area contributed by atoms with Crippen molar-refractivity contribution >= 4 is 17.9 Å². The van der Waals surface area contributed by atoms with Crippen LogP contribution in [0.1, 0.15) is 34.2 Å². The highest BCUT2D eigenvalue weighted by atomic mass is 16.6. The van der Waals surface area contributed by atoms with Crippen LogP contribution in [0.2, 0.25) is 0 Å². The molecule has 0 fully saturated rings. The number of carbonyl (C=O) groups is 1. The molecule has 3 aromatic rings. The van der Waals surface area contributed by atoms with Crippen molar-refractivity contribution in [3.63, 3.8) is 0 Å². The smallest absolute Gasteiger partial charge is 0.293 e. The topological polar surface area (TPSA) is 137 Å². The van der Waals surface area contributed by atoms with Crippen molar-refractivity contribution in [3.8, 4) is 5.82 Å².